The zero-order valence-corrected chi connectivity index (χ0v) is 31.0. The number of carbonyl (C=O) groups is 1. The van der Waals surface area contributed by atoms with Crippen molar-refractivity contribution in [1.82, 2.24) is 4.90 Å². The average molecular weight is 670 g/mol. The van der Waals surface area contributed by atoms with Crippen LogP contribution < -0.4 is 0 Å². The van der Waals surface area contributed by atoms with Crippen LogP contribution in [0.15, 0.2) is 0 Å². The Hall–Kier alpha value is -0.770. The molecule has 0 bridgehead atoms. The Balaban J connectivity index is 1.57. The summed E-state index contributed by atoms with van der Waals surface area (Å²) < 4.78 is 35.9. The van der Waals surface area contributed by atoms with Crippen molar-refractivity contribution >= 4 is 5.97 Å². The van der Waals surface area contributed by atoms with Gasteiger partial charge in [-0.15, -0.1) is 0 Å². The predicted octanol–water partition coefficient (Wildman–Crippen LogP) is 8.53. The van der Waals surface area contributed by atoms with Crippen molar-refractivity contribution in [3.05, 3.63) is 0 Å². The van der Waals surface area contributed by atoms with Crippen LogP contribution in [0, 0.1) is 5.92 Å². The minimum absolute atomic E-state index is 0.0558. The molecule has 0 spiro atoms. The number of likely N-dealkylation sites (tertiary alicyclic amines) is 1. The maximum atomic E-state index is 12.6. The molecule has 278 valence electrons. The van der Waals surface area contributed by atoms with Crippen LogP contribution in [-0.2, 0) is 33.2 Å². The Bertz CT molecular complexity index is 711. The van der Waals surface area contributed by atoms with Crippen molar-refractivity contribution in [3.63, 3.8) is 0 Å². The number of ether oxygens (including phenoxy) is 6. The highest BCUT2D eigenvalue weighted by atomic mass is 16.6. The molecule has 0 aromatic rings. The van der Waals surface area contributed by atoms with Crippen LogP contribution in [0.4, 0.5) is 0 Å². The minimum Gasteiger partial charge on any atom is -0.463 e. The molecule has 2 aliphatic heterocycles. The standard InChI is InChI=1S/C39H75NO7/c1-4-6-8-10-12-14-16-18-20-22-26-42-28-30-44-36-33-46-37(34-47-39(41)35-24-25-40(3)32-35)38(36)45-31-29-43-27-23-21-19-17-15-13-11-9-7-5-2/h35-38H,4-34H2,1-3H3/t35?,36-,37+,38+/m0/s1. The van der Waals surface area contributed by atoms with E-state index in [2.05, 4.69) is 18.7 Å². The Morgan fingerprint density at radius 2 is 1.13 bits per heavy atom. The maximum Gasteiger partial charge on any atom is 0.310 e. The van der Waals surface area contributed by atoms with Crippen LogP contribution in [0.3, 0.4) is 0 Å². The number of unbranched alkanes of at least 4 members (excludes halogenated alkanes) is 18. The molecule has 2 fully saturated rings. The molecular formula is C39H75NO7. The first-order valence-electron chi connectivity index (χ1n) is 20.0. The third kappa shape index (κ3) is 21.8. The molecule has 2 aliphatic rings. The zero-order chi connectivity index (χ0) is 33.6. The summed E-state index contributed by atoms with van der Waals surface area (Å²) in [6, 6.07) is 0. The first kappa shape index (κ1) is 42.4. The third-order valence-corrected chi connectivity index (χ3v) is 9.70. The summed E-state index contributed by atoms with van der Waals surface area (Å²) in [5, 5.41) is 0. The topological polar surface area (TPSA) is 75.7 Å². The molecule has 8 nitrogen and oxygen atoms in total. The number of rotatable bonds is 33. The third-order valence-electron chi connectivity index (χ3n) is 9.70. The Kier molecular flexibility index (Phi) is 27.1. The van der Waals surface area contributed by atoms with E-state index < -0.39 is 0 Å². The summed E-state index contributed by atoms with van der Waals surface area (Å²) in [4.78, 5) is 14.8. The van der Waals surface area contributed by atoms with Gasteiger partial charge in [0, 0.05) is 19.8 Å². The molecule has 0 amide bonds. The van der Waals surface area contributed by atoms with Crippen LogP contribution in [-0.4, -0.2) is 102 Å². The van der Waals surface area contributed by atoms with Crippen molar-refractivity contribution in [1.29, 1.82) is 0 Å². The van der Waals surface area contributed by atoms with E-state index in [1.165, 1.54) is 116 Å². The van der Waals surface area contributed by atoms with Crippen molar-refractivity contribution < 1.29 is 33.2 Å². The first-order chi connectivity index (χ1) is 23.2. The monoisotopic (exact) mass is 670 g/mol. The van der Waals surface area contributed by atoms with Gasteiger partial charge in [-0.3, -0.25) is 4.79 Å². The van der Waals surface area contributed by atoms with Crippen LogP contribution in [0.1, 0.15) is 149 Å². The lowest BCUT2D eigenvalue weighted by Gasteiger charge is -2.24. The van der Waals surface area contributed by atoms with Crippen molar-refractivity contribution in [2.45, 2.75) is 167 Å². The molecule has 0 saturated carbocycles. The molecule has 4 atom stereocenters. The molecule has 0 radical (unpaired) electrons. The van der Waals surface area contributed by atoms with Crippen molar-refractivity contribution in [3.8, 4) is 0 Å². The maximum absolute atomic E-state index is 12.6. The molecular weight excluding hydrogens is 594 g/mol. The average Bonchev–Trinajstić information content (AvgIpc) is 3.69. The molecule has 8 heteroatoms. The molecule has 1 unspecified atom stereocenters. The molecule has 2 rings (SSSR count). The number of esters is 1. The highest BCUT2D eigenvalue weighted by Crippen LogP contribution is 2.23. The Morgan fingerprint density at radius 3 is 1.62 bits per heavy atom. The van der Waals surface area contributed by atoms with Crippen LogP contribution >= 0.6 is 0 Å². The second-order valence-electron chi connectivity index (χ2n) is 14.1. The van der Waals surface area contributed by atoms with Crippen LogP contribution in [0.25, 0.3) is 0 Å². The second-order valence-corrected chi connectivity index (χ2v) is 14.1. The van der Waals surface area contributed by atoms with E-state index in [1.807, 2.05) is 7.05 Å². The van der Waals surface area contributed by atoms with Gasteiger partial charge in [-0.05, 0) is 32.9 Å². The van der Waals surface area contributed by atoms with Gasteiger partial charge >= 0.3 is 5.97 Å². The largest absolute Gasteiger partial charge is 0.463 e. The predicted molar refractivity (Wildman–Crippen MR) is 191 cm³/mol. The molecule has 2 heterocycles. The van der Waals surface area contributed by atoms with Crippen LogP contribution in [0.5, 0.6) is 0 Å². The van der Waals surface area contributed by atoms with Gasteiger partial charge in [0.25, 0.3) is 0 Å². The zero-order valence-electron chi connectivity index (χ0n) is 31.0. The van der Waals surface area contributed by atoms with Crippen LogP contribution in [0.2, 0.25) is 0 Å². The molecule has 0 aromatic carbocycles. The van der Waals surface area contributed by atoms with Gasteiger partial charge in [0.15, 0.2) is 0 Å². The van der Waals surface area contributed by atoms with Gasteiger partial charge in [-0.2, -0.15) is 0 Å². The summed E-state index contributed by atoms with van der Waals surface area (Å²) in [6.45, 7) is 10.5. The molecule has 2 saturated heterocycles. The van der Waals surface area contributed by atoms with Gasteiger partial charge in [0.2, 0.25) is 0 Å². The van der Waals surface area contributed by atoms with Crippen molar-refractivity contribution in [2.75, 3.05) is 73.0 Å². The summed E-state index contributed by atoms with van der Waals surface area (Å²) >= 11 is 0. The lowest BCUT2D eigenvalue weighted by molar-refractivity contribution is -0.154. The Labute approximate surface area is 289 Å². The lowest BCUT2D eigenvalue weighted by Crippen LogP contribution is -2.39. The smallest absolute Gasteiger partial charge is 0.310 e. The molecule has 0 N–H and O–H groups in total. The summed E-state index contributed by atoms with van der Waals surface area (Å²) in [7, 11) is 2.04. The molecule has 0 aromatic heterocycles. The highest BCUT2D eigenvalue weighted by molar-refractivity contribution is 5.73. The van der Waals surface area contributed by atoms with Crippen molar-refractivity contribution in [2.24, 2.45) is 5.92 Å². The lowest BCUT2D eigenvalue weighted by atomic mass is 10.1. The van der Waals surface area contributed by atoms with E-state index in [-0.39, 0.29) is 36.8 Å². The van der Waals surface area contributed by atoms with Gasteiger partial charge in [-0.25, -0.2) is 0 Å². The van der Waals surface area contributed by atoms with E-state index in [0.717, 1.165) is 45.6 Å². The fourth-order valence-corrected chi connectivity index (χ4v) is 6.65. The molecule has 0 aliphatic carbocycles. The number of hydrogen-bond donors (Lipinski definition) is 0. The normalized spacial score (nSPS) is 21.6. The van der Waals surface area contributed by atoms with E-state index in [4.69, 9.17) is 28.4 Å². The summed E-state index contributed by atoms with van der Waals surface area (Å²) in [5.41, 5.74) is 0. The van der Waals surface area contributed by atoms with Gasteiger partial charge in [-0.1, -0.05) is 129 Å². The number of nitrogens with zero attached hydrogens (tertiary/aromatic N) is 1. The number of carbonyl (C=O) groups excluding carboxylic acids is 1. The fourth-order valence-electron chi connectivity index (χ4n) is 6.65. The first-order valence-corrected chi connectivity index (χ1v) is 20.0. The Morgan fingerprint density at radius 1 is 0.638 bits per heavy atom. The van der Waals surface area contributed by atoms with E-state index in [9.17, 15) is 4.79 Å². The van der Waals surface area contributed by atoms with Gasteiger partial charge in [0.1, 0.15) is 24.9 Å². The van der Waals surface area contributed by atoms with Gasteiger partial charge < -0.3 is 33.3 Å². The van der Waals surface area contributed by atoms with Gasteiger partial charge in [0.05, 0.1) is 39.0 Å². The summed E-state index contributed by atoms with van der Waals surface area (Å²) in [5.74, 6) is -0.194. The van der Waals surface area contributed by atoms with E-state index >= 15 is 0 Å². The van der Waals surface area contributed by atoms with E-state index in [1.54, 1.807) is 0 Å². The quantitative estimate of drug-likeness (QED) is 0.0509. The minimum atomic E-state index is -0.336. The van der Waals surface area contributed by atoms with E-state index in [0.29, 0.717) is 33.0 Å². The second kappa shape index (κ2) is 30.1. The number of hydrogen-bond acceptors (Lipinski definition) is 8. The SMILES string of the molecule is CCCCCCCCCCCCOCCO[C@@H]1[C@@H](OCCOCCCCCCCCCCCC)CO[C@@H]1COC(=O)C1CCN(C)C1. The molecule has 47 heavy (non-hydrogen) atoms. The summed E-state index contributed by atoms with van der Waals surface area (Å²) in [6.07, 6.45) is 26.4. The highest BCUT2D eigenvalue weighted by Gasteiger charge is 2.40. The fraction of sp³-hybridized carbons (Fsp3) is 0.974.